The lowest BCUT2D eigenvalue weighted by Crippen LogP contribution is -2.47. The number of fused-ring (bicyclic) bond motifs is 2. The lowest BCUT2D eigenvalue weighted by molar-refractivity contribution is -0.144. The van der Waals surface area contributed by atoms with Gasteiger partial charge in [-0.15, -0.1) is 17.9 Å². The maximum Gasteiger partial charge on any atom is 0.223 e. The molecular formula is C30H42N2O5S. The maximum absolute atomic E-state index is 13.6. The lowest BCUT2D eigenvalue weighted by atomic mass is 9.71. The topological polar surface area (TPSA) is 112 Å². The molecule has 3 heterocycles. The molecule has 38 heavy (non-hydrogen) atoms. The van der Waals surface area contributed by atoms with Crippen LogP contribution in [0, 0.1) is 24.2 Å². The molecule has 1 aromatic carbocycles. The molecule has 2 aromatic rings. The van der Waals surface area contributed by atoms with Gasteiger partial charge in [-0.1, -0.05) is 39.3 Å². The second kappa shape index (κ2) is 11.2. The minimum Gasteiger partial charge on any atom is -0.392 e. The summed E-state index contributed by atoms with van der Waals surface area (Å²) >= 11 is 1.63. The van der Waals surface area contributed by atoms with Gasteiger partial charge in [0.25, 0.3) is 0 Å². The smallest absolute Gasteiger partial charge is 0.223 e. The van der Waals surface area contributed by atoms with Crippen molar-refractivity contribution in [3.63, 3.8) is 0 Å². The number of nitrogens with zero attached hydrogens (tertiary/aromatic N) is 1. The highest BCUT2D eigenvalue weighted by Gasteiger charge is 2.52. The monoisotopic (exact) mass is 542 g/mol. The summed E-state index contributed by atoms with van der Waals surface area (Å²) in [7, 11) is 0. The van der Waals surface area contributed by atoms with E-state index in [4.69, 9.17) is 4.74 Å². The minimum atomic E-state index is -1.21. The number of amides is 1. The lowest BCUT2D eigenvalue weighted by Gasteiger charge is -2.36. The quantitative estimate of drug-likeness (QED) is 0.371. The normalized spacial score (nSPS) is 34.9. The zero-order valence-electron chi connectivity index (χ0n) is 23.2. The Kier molecular flexibility index (Phi) is 8.48. The number of thiazole rings is 1. The highest BCUT2D eigenvalue weighted by Crippen LogP contribution is 2.46. The molecule has 7 atom stereocenters. The molecular weight excluding hydrogens is 500 g/mol. The van der Waals surface area contributed by atoms with Gasteiger partial charge < -0.3 is 20.3 Å². The number of hydrogen-bond donors (Lipinski definition) is 3. The summed E-state index contributed by atoms with van der Waals surface area (Å²) in [6.07, 6.45) is 2.73. The number of carbonyl (C=O) groups excluding carboxylic acids is 2. The number of rotatable bonds is 3. The molecule has 0 radical (unpaired) electrons. The first-order valence-corrected chi connectivity index (χ1v) is 14.5. The number of benzene rings is 1. The summed E-state index contributed by atoms with van der Waals surface area (Å²) in [5.41, 5.74) is 0.346. The van der Waals surface area contributed by atoms with Crippen LogP contribution in [-0.4, -0.2) is 50.8 Å². The average molecular weight is 543 g/mol. The Labute approximate surface area is 229 Å². The molecule has 3 N–H and O–H groups in total. The van der Waals surface area contributed by atoms with Gasteiger partial charge >= 0.3 is 0 Å². The number of carbonyl (C=O) groups is 2. The van der Waals surface area contributed by atoms with E-state index in [1.807, 2.05) is 32.0 Å². The predicted molar refractivity (Wildman–Crippen MR) is 150 cm³/mol. The Bertz CT molecular complexity index is 1190. The molecule has 1 aromatic heterocycles. The van der Waals surface area contributed by atoms with Crippen LogP contribution < -0.4 is 5.32 Å². The van der Waals surface area contributed by atoms with Gasteiger partial charge in [0.2, 0.25) is 5.91 Å². The fourth-order valence-corrected chi connectivity index (χ4v) is 6.63. The highest BCUT2D eigenvalue weighted by atomic mass is 32.1. The SMILES string of the molecule is C=CC[C@@H]1C(=O)C(C)(C)[C@H](O)CC(=O)N[C@H](c2ccc3sc(C)nc3c2)C[C@H]2O[C@]2(C)CCC[C@H](C)[C@@H]1O. The molecule has 0 aliphatic carbocycles. The van der Waals surface area contributed by atoms with Gasteiger partial charge in [0.1, 0.15) is 5.78 Å². The van der Waals surface area contributed by atoms with E-state index < -0.39 is 23.5 Å². The van der Waals surface area contributed by atoms with Crippen LogP contribution in [-0.2, 0) is 14.3 Å². The molecule has 0 unspecified atom stereocenters. The van der Waals surface area contributed by atoms with Crippen molar-refractivity contribution in [2.24, 2.45) is 17.3 Å². The van der Waals surface area contributed by atoms with E-state index >= 15 is 0 Å². The summed E-state index contributed by atoms with van der Waals surface area (Å²) in [5.74, 6) is -1.37. The molecule has 7 nitrogen and oxygen atoms in total. The number of ether oxygens (including phenoxy) is 1. The number of aliphatic hydroxyl groups is 2. The van der Waals surface area contributed by atoms with E-state index in [1.165, 1.54) is 0 Å². The van der Waals surface area contributed by atoms with Gasteiger partial charge in [0, 0.05) is 12.3 Å². The van der Waals surface area contributed by atoms with Crippen molar-refractivity contribution < 1.29 is 24.5 Å². The van der Waals surface area contributed by atoms with Crippen LogP contribution in [0.15, 0.2) is 30.9 Å². The van der Waals surface area contributed by atoms with E-state index in [0.29, 0.717) is 12.8 Å². The van der Waals surface area contributed by atoms with Crippen LogP contribution in [0.25, 0.3) is 10.2 Å². The number of allylic oxidation sites excluding steroid dienone is 1. The van der Waals surface area contributed by atoms with E-state index in [2.05, 4.69) is 23.8 Å². The third-order valence-electron chi connectivity index (χ3n) is 8.67. The molecule has 0 spiro atoms. The number of hydrogen-bond acceptors (Lipinski definition) is 7. The second-order valence-corrected chi connectivity index (χ2v) is 13.3. The first kappa shape index (κ1) is 28.9. The van der Waals surface area contributed by atoms with Crippen molar-refractivity contribution in [3.8, 4) is 0 Å². The van der Waals surface area contributed by atoms with E-state index in [0.717, 1.165) is 40.1 Å². The molecule has 2 fully saturated rings. The largest absolute Gasteiger partial charge is 0.392 e. The third-order valence-corrected chi connectivity index (χ3v) is 9.63. The number of Topliss-reactive ketones (excluding diaryl/α,β-unsaturated/α-hetero) is 1. The number of epoxide rings is 1. The Morgan fingerprint density at radius 3 is 2.71 bits per heavy atom. The van der Waals surface area contributed by atoms with Gasteiger partial charge in [-0.2, -0.15) is 0 Å². The summed E-state index contributed by atoms with van der Waals surface area (Å²) in [6, 6.07) is 5.77. The number of aliphatic hydroxyl groups excluding tert-OH is 2. The number of nitrogens with one attached hydrogen (secondary N) is 1. The number of aryl methyl sites for hydroxylation is 1. The molecule has 208 valence electrons. The van der Waals surface area contributed by atoms with Crippen molar-refractivity contribution in [3.05, 3.63) is 41.4 Å². The van der Waals surface area contributed by atoms with E-state index in [1.54, 1.807) is 31.3 Å². The fourth-order valence-electron chi connectivity index (χ4n) is 5.83. The van der Waals surface area contributed by atoms with Crippen molar-refractivity contribution in [2.45, 2.75) is 103 Å². The van der Waals surface area contributed by atoms with Crippen molar-refractivity contribution in [1.29, 1.82) is 0 Å². The van der Waals surface area contributed by atoms with Gasteiger partial charge in [0.05, 0.1) is 57.0 Å². The van der Waals surface area contributed by atoms with Crippen LogP contribution in [0.4, 0.5) is 0 Å². The maximum atomic E-state index is 13.6. The van der Waals surface area contributed by atoms with Crippen LogP contribution in [0.3, 0.4) is 0 Å². The third kappa shape index (κ3) is 6.03. The van der Waals surface area contributed by atoms with E-state index in [9.17, 15) is 19.8 Å². The molecule has 4 rings (SSSR count). The molecule has 2 saturated heterocycles. The predicted octanol–water partition coefficient (Wildman–Crippen LogP) is 5.03. The Morgan fingerprint density at radius 2 is 2.00 bits per heavy atom. The molecule has 8 heteroatoms. The van der Waals surface area contributed by atoms with Crippen LogP contribution in [0.2, 0.25) is 0 Å². The van der Waals surface area contributed by atoms with Gasteiger partial charge in [-0.05, 0) is 56.7 Å². The van der Waals surface area contributed by atoms with Gasteiger partial charge in [0.15, 0.2) is 0 Å². The molecule has 0 saturated carbocycles. The standard InChI is InChI=1S/C30H42N2O5S/c1-7-9-20-27(35)17(2)10-8-13-30(6)25(37-30)15-21(19-11-12-23-22(14-19)31-18(3)38-23)32-26(34)16-24(33)29(4,5)28(20)36/h7,11-12,14,17,20-21,24-25,27,33,35H,1,8-10,13,15-16H2,2-6H3,(H,32,34)/t17-,20-,21-,24+,25+,27-,30+/m0/s1. The molecule has 2 aliphatic rings. The molecule has 2 aliphatic heterocycles. The first-order chi connectivity index (χ1) is 17.9. The van der Waals surface area contributed by atoms with Crippen molar-refractivity contribution >= 4 is 33.2 Å². The summed E-state index contributed by atoms with van der Waals surface area (Å²) in [6.45, 7) is 13.1. The van der Waals surface area contributed by atoms with Crippen molar-refractivity contribution in [1.82, 2.24) is 10.3 Å². The summed E-state index contributed by atoms with van der Waals surface area (Å²) in [5, 5.41) is 26.3. The second-order valence-electron chi connectivity index (χ2n) is 12.0. The zero-order chi connectivity index (χ0) is 27.8. The number of ketones is 1. The molecule has 0 bridgehead atoms. The summed E-state index contributed by atoms with van der Waals surface area (Å²) in [4.78, 5) is 31.5. The van der Waals surface area contributed by atoms with Crippen LogP contribution >= 0.6 is 11.3 Å². The first-order valence-electron chi connectivity index (χ1n) is 13.7. The average Bonchev–Trinajstić information content (AvgIpc) is 3.32. The zero-order valence-corrected chi connectivity index (χ0v) is 24.0. The Hall–Kier alpha value is -2.13. The van der Waals surface area contributed by atoms with Crippen molar-refractivity contribution in [2.75, 3.05) is 0 Å². The Balaban J connectivity index is 1.63. The fraction of sp³-hybridized carbons (Fsp3) is 0.633. The van der Waals surface area contributed by atoms with Crippen LogP contribution in [0.1, 0.15) is 82.8 Å². The highest BCUT2D eigenvalue weighted by molar-refractivity contribution is 7.18. The minimum absolute atomic E-state index is 0.00902. The van der Waals surface area contributed by atoms with Gasteiger partial charge in [-0.3, -0.25) is 9.59 Å². The Morgan fingerprint density at radius 1 is 1.26 bits per heavy atom. The summed E-state index contributed by atoms with van der Waals surface area (Å²) < 4.78 is 7.25. The number of aromatic nitrogens is 1. The van der Waals surface area contributed by atoms with E-state index in [-0.39, 0.29) is 41.8 Å². The van der Waals surface area contributed by atoms with Crippen LogP contribution in [0.5, 0.6) is 0 Å². The van der Waals surface area contributed by atoms with Gasteiger partial charge in [-0.25, -0.2) is 4.98 Å². The molecule has 1 amide bonds.